The number of carboxylic acid groups (broad SMARTS) is 1. The van der Waals surface area contributed by atoms with E-state index in [2.05, 4.69) is 0 Å². The number of methoxy groups -OCH3 is 2. The lowest BCUT2D eigenvalue weighted by Crippen LogP contribution is -2.41. The van der Waals surface area contributed by atoms with Crippen LogP contribution >= 0.6 is 0 Å². The molecule has 2 aromatic carbocycles. The van der Waals surface area contributed by atoms with Gasteiger partial charge in [0.15, 0.2) is 11.5 Å². The number of nitrogens with zero attached hydrogens (tertiary/aromatic N) is 1. The standard InChI is InChI=1S/C22H25NO5/c1-27-19-12-16-10-11-23(21(24)9-8-15-6-4-3-5-7-15)18(14-22(25)26)17(16)13-20(19)28-2/h3-7,12-13,18H,8-11,14H2,1-2H3,(H,25,26). The average molecular weight is 383 g/mol. The second-order valence-corrected chi connectivity index (χ2v) is 6.84. The molecular formula is C22H25NO5. The second-order valence-electron chi connectivity index (χ2n) is 6.84. The average Bonchev–Trinajstić information content (AvgIpc) is 2.71. The summed E-state index contributed by atoms with van der Waals surface area (Å²) < 4.78 is 10.7. The molecule has 0 aromatic heterocycles. The number of ether oxygens (including phenoxy) is 2. The number of rotatable bonds is 7. The van der Waals surface area contributed by atoms with Crippen molar-refractivity contribution in [1.29, 1.82) is 0 Å². The summed E-state index contributed by atoms with van der Waals surface area (Å²) in [5.74, 6) is 0.179. The van der Waals surface area contributed by atoms with Crippen molar-refractivity contribution in [3.05, 3.63) is 59.2 Å². The van der Waals surface area contributed by atoms with E-state index in [1.165, 1.54) is 0 Å². The molecule has 0 fully saturated rings. The normalized spacial score (nSPS) is 15.6. The Kier molecular flexibility index (Phi) is 6.19. The minimum Gasteiger partial charge on any atom is -0.493 e. The van der Waals surface area contributed by atoms with Gasteiger partial charge in [-0.2, -0.15) is 0 Å². The molecular weight excluding hydrogens is 358 g/mol. The molecule has 0 radical (unpaired) electrons. The zero-order valence-corrected chi connectivity index (χ0v) is 16.2. The van der Waals surface area contributed by atoms with E-state index in [1.807, 2.05) is 36.4 Å². The quantitative estimate of drug-likeness (QED) is 0.794. The molecule has 0 spiro atoms. The first-order valence-corrected chi connectivity index (χ1v) is 9.33. The fourth-order valence-corrected chi connectivity index (χ4v) is 3.75. The summed E-state index contributed by atoms with van der Waals surface area (Å²) in [5, 5.41) is 9.43. The number of aryl methyl sites for hydroxylation is 1. The second kappa shape index (κ2) is 8.78. The minimum atomic E-state index is -0.937. The van der Waals surface area contributed by atoms with Crippen LogP contribution in [0.25, 0.3) is 0 Å². The molecule has 1 heterocycles. The number of hydrogen-bond donors (Lipinski definition) is 1. The van der Waals surface area contributed by atoms with E-state index < -0.39 is 12.0 Å². The third-order valence-corrected chi connectivity index (χ3v) is 5.16. The van der Waals surface area contributed by atoms with Gasteiger partial charge in [0.05, 0.1) is 26.7 Å². The van der Waals surface area contributed by atoms with Crippen LogP contribution in [0.2, 0.25) is 0 Å². The van der Waals surface area contributed by atoms with Crippen LogP contribution in [0.5, 0.6) is 11.5 Å². The van der Waals surface area contributed by atoms with Crippen LogP contribution in [0.3, 0.4) is 0 Å². The summed E-state index contributed by atoms with van der Waals surface area (Å²) >= 11 is 0. The maximum absolute atomic E-state index is 12.9. The van der Waals surface area contributed by atoms with Crippen LogP contribution in [0.4, 0.5) is 0 Å². The maximum atomic E-state index is 12.9. The molecule has 1 aliphatic heterocycles. The molecule has 6 nitrogen and oxygen atoms in total. The first-order chi connectivity index (χ1) is 13.5. The number of fused-ring (bicyclic) bond motifs is 1. The Balaban J connectivity index is 1.85. The molecule has 1 unspecified atom stereocenters. The van der Waals surface area contributed by atoms with Crippen LogP contribution in [0, 0.1) is 0 Å². The SMILES string of the molecule is COc1cc2c(cc1OC)C(CC(=O)O)N(C(=O)CCc1ccccc1)CC2. The monoisotopic (exact) mass is 383 g/mol. The van der Waals surface area contributed by atoms with E-state index in [4.69, 9.17) is 9.47 Å². The van der Waals surface area contributed by atoms with Crippen LogP contribution in [-0.2, 0) is 22.4 Å². The van der Waals surface area contributed by atoms with Crippen molar-refractivity contribution < 1.29 is 24.2 Å². The summed E-state index contributed by atoms with van der Waals surface area (Å²) in [4.78, 5) is 26.1. The molecule has 3 rings (SSSR count). The Morgan fingerprint density at radius 3 is 2.43 bits per heavy atom. The molecule has 148 valence electrons. The zero-order chi connectivity index (χ0) is 20.1. The molecule has 0 saturated carbocycles. The number of carboxylic acids is 1. The fraction of sp³-hybridized carbons (Fsp3) is 0.364. The highest BCUT2D eigenvalue weighted by molar-refractivity contribution is 5.79. The summed E-state index contributed by atoms with van der Waals surface area (Å²) in [7, 11) is 3.11. The smallest absolute Gasteiger partial charge is 0.305 e. The molecule has 1 N–H and O–H groups in total. The van der Waals surface area contributed by atoms with Crippen molar-refractivity contribution in [2.75, 3.05) is 20.8 Å². The lowest BCUT2D eigenvalue weighted by Gasteiger charge is -2.37. The van der Waals surface area contributed by atoms with Gasteiger partial charge in [0.2, 0.25) is 5.91 Å². The highest BCUT2D eigenvalue weighted by Crippen LogP contribution is 2.39. The fourth-order valence-electron chi connectivity index (χ4n) is 3.75. The predicted molar refractivity (Wildman–Crippen MR) is 105 cm³/mol. The van der Waals surface area contributed by atoms with Crippen molar-refractivity contribution in [2.45, 2.75) is 31.7 Å². The maximum Gasteiger partial charge on any atom is 0.305 e. The van der Waals surface area contributed by atoms with Crippen molar-refractivity contribution in [2.24, 2.45) is 0 Å². The highest BCUT2D eigenvalue weighted by Gasteiger charge is 2.33. The third-order valence-electron chi connectivity index (χ3n) is 5.16. The molecule has 6 heteroatoms. The predicted octanol–water partition coefficient (Wildman–Crippen LogP) is 3.24. The minimum absolute atomic E-state index is 0.0319. The number of benzene rings is 2. The summed E-state index contributed by atoms with van der Waals surface area (Å²) in [6.45, 7) is 0.494. The van der Waals surface area contributed by atoms with E-state index in [1.54, 1.807) is 25.2 Å². The number of carbonyl (C=O) groups excluding carboxylic acids is 1. The Morgan fingerprint density at radius 2 is 1.79 bits per heavy atom. The molecule has 28 heavy (non-hydrogen) atoms. The first kappa shape index (κ1) is 19.7. The van der Waals surface area contributed by atoms with Gasteiger partial charge >= 0.3 is 5.97 Å². The van der Waals surface area contributed by atoms with E-state index in [0.29, 0.717) is 37.3 Å². The van der Waals surface area contributed by atoms with E-state index in [-0.39, 0.29) is 12.3 Å². The van der Waals surface area contributed by atoms with Gasteiger partial charge in [0.25, 0.3) is 0 Å². The van der Waals surface area contributed by atoms with Crippen LogP contribution in [0.15, 0.2) is 42.5 Å². The van der Waals surface area contributed by atoms with Crippen LogP contribution in [0.1, 0.15) is 35.6 Å². The molecule has 1 atom stereocenters. The van der Waals surface area contributed by atoms with Gasteiger partial charge < -0.3 is 19.5 Å². The third kappa shape index (κ3) is 4.27. The number of amides is 1. The van der Waals surface area contributed by atoms with E-state index in [0.717, 1.165) is 16.7 Å². The van der Waals surface area contributed by atoms with Gasteiger partial charge in [-0.15, -0.1) is 0 Å². The topological polar surface area (TPSA) is 76.1 Å². The van der Waals surface area contributed by atoms with Crippen LogP contribution < -0.4 is 9.47 Å². The lowest BCUT2D eigenvalue weighted by molar-refractivity contribution is -0.141. The Hall–Kier alpha value is -3.02. The van der Waals surface area contributed by atoms with Crippen LogP contribution in [-0.4, -0.2) is 42.6 Å². The largest absolute Gasteiger partial charge is 0.493 e. The Bertz CT molecular complexity index is 850. The van der Waals surface area contributed by atoms with Crippen molar-refractivity contribution in [3.63, 3.8) is 0 Å². The van der Waals surface area contributed by atoms with Gasteiger partial charge in [-0.05, 0) is 41.7 Å². The van der Waals surface area contributed by atoms with E-state index in [9.17, 15) is 14.7 Å². The molecule has 0 aliphatic carbocycles. The molecule has 2 aromatic rings. The molecule has 0 bridgehead atoms. The van der Waals surface area contributed by atoms with Crippen molar-refractivity contribution >= 4 is 11.9 Å². The summed E-state index contributed by atoms with van der Waals surface area (Å²) in [6.07, 6.45) is 1.50. The van der Waals surface area contributed by atoms with Gasteiger partial charge in [-0.25, -0.2) is 0 Å². The van der Waals surface area contributed by atoms with Crippen molar-refractivity contribution in [1.82, 2.24) is 4.90 Å². The highest BCUT2D eigenvalue weighted by atomic mass is 16.5. The molecule has 0 saturated heterocycles. The zero-order valence-electron chi connectivity index (χ0n) is 16.2. The van der Waals surface area contributed by atoms with E-state index >= 15 is 0 Å². The summed E-state index contributed by atoms with van der Waals surface area (Å²) in [5.41, 5.74) is 2.91. The first-order valence-electron chi connectivity index (χ1n) is 9.33. The molecule has 1 aliphatic rings. The van der Waals surface area contributed by atoms with Crippen molar-refractivity contribution in [3.8, 4) is 11.5 Å². The number of carbonyl (C=O) groups is 2. The Morgan fingerprint density at radius 1 is 1.11 bits per heavy atom. The lowest BCUT2D eigenvalue weighted by atomic mass is 9.89. The van der Waals surface area contributed by atoms with Gasteiger partial charge in [0, 0.05) is 13.0 Å². The molecule has 1 amide bonds. The summed E-state index contributed by atoms with van der Waals surface area (Å²) in [6, 6.07) is 13.0. The number of hydrogen-bond acceptors (Lipinski definition) is 4. The van der Waals surface area contributed by atoms with Gasteiger partial charge in [0.1, 0.15) is 0 Å². The van der Waals surface area contributed by atoms with Gasteiger partial charge in [-0.3, -0.25) is 9.59 Å². The number of aliphatic carboxylic acids is 1. The Labute approximate surface area is 164 Å². The van der Waals surface area contributed by atoms with Gasteiger partial charge in [-0.1, -0.05) is 30.3 Å².